The van der Waals surface area contributed by atoms with E-state index in [9.17, 15) is 0 Å². The Morgan fingerprint density at radius 3 is 2.80 bits per heavy atom. The van der Waals surface area contributed by atoms with Gasteiger partial charge in [-0.2, -0.15) is 5.10 Å². The van der Waals surface area contributed by atoms with E-state index in [2.05, 4.69) is 56.8 Å². The van der Waals surface area contributed by atoms with Gasteiger partial charge >= 0.3 is 0 Å². The SMILES string of the molecule is CC(Nc1ccccc1-n1cccn1)c1sccc1Br. The molecule has 0 bridgehead atoms. The zero-order valence-electron chi connectivity index (χ0n) is 11.0. The molecule has 2 heterocycles. The van der Waals surface area contributed by atoms with E-state index in [4.69, 9.17) is 0 Å². The summed E-state index contributed by atoms with van der Waals surface area (Å²) in [7, 11) is 0. The van der Waals surface area contributed by atoms with Crippen molar-refractivity contribution in [2.45, 2.75) is 13.0 Å². The van der Waals surface area contributed by atoms with Gasteiger partial charge in [0.25, 0.3) is 0 Å². The lowest BCUT2D eigenvalue weighted by Gasteiger charge is -2.17. The van der Waals surface area contributed by atoms with Crippen LogP contribution in [0.4, 0.5) is 5.69 Å². The van der Waals surface area contributed by atoms with Crippen LogP contribution in [0.25, 0.3) is 5.69 Å². The Bertz CT molecular complexity index is 691. The summed E-state index contributed by atoms with van der Waals surface area (Å²) in [5.74, 6) is 0. The fraction of sp³-hybridized carbons (Fsp3) is 0.133. The average molecular weight is 348 g/mol. The van der Waals surface area contributed by atoms with Crippen LogP contribution >= 0.6 is 27.3 Å². The Labute approximate surface area is 130 Å². The summed E-state index contributed by atoms with van der Waals surface area (Å²) in [6.45, 7) is 2.16. The van der Waals surface area contributed by atoms with Gasteiger partial charge in [0.05, 0.1) is 17.4 Å². The van der Waals surface area contributed by atoms with E-state index in [1.54, 1.807) is 17.5 Å². The van der Waals surface area contributed by atoms with Crippen molar-refractivity contribution in [2.24, 2.45) is 0 Å². The Kier molecular flexibility index (Phi) is 3.89. The maximum absolute atomic E-state index is 4.30. The van der Waals surface area contributed by atoms with Crippen molar-refractivity contribution in [3.63, 3.8) is 0 Å². The monoisotopic (exact) mass is 347 g/mol. The van der Waals surface area contributed by atoms with Crippen LogP contribution < -0.4 is 5.32 Å². The van der Waals surface area contributed by atoms with E-state index in [0.717, 1.165) is 15.8 Å². The van der Waals surface area contributed by atoms with Crippen LogP contribution in [0.5, 0.6) is 0 Å². The molecule has 102 valence electrons. The van der Waals surface area contributed by atoms with Crippen molar-refractivity contribution < 1.29 is 0 Å². The molecular formula is C15H14BrN3S. The highest BCUT2D eigenvalue weighted by Gasteiger charge is 2.13. The first-order chi connectivity index (χ1) is 9.75. The number of nitrogens with one attached hydrogen (secondary N) is 1. The summed E-state index contributed by atoms with van der Waals surface area (Å²) >= 11 is 5.34. The van der Waals surface area contributed by atoms with Gasteiger partial charge in [-0.3, -0.25) is 0 Å². The number of hydrogen-bond acceptors (Lipinski definition) is 3. The van der Waals surface area contributed by atoms with E-state index < -0.39 is 0 Å². The van der Waals surface area contributed by atoms with Crippen LogP contribution in [-0.4, -0.2) is 9.78 Å². The normalized spacial score (nSPS) is 12.3. The fourth-order valence-electron chi connectivity index (χ4n) is 2.12. The molecule has 0 aliphatic heterocycles. The van der Waals surface area contributed by atoms with Gasteiger partial charge < -0.3 is 5.32 Å². The molecule has 5 heteroatoms. The minimum Gasteiger partial charge on any atom is -0.376 e. The highest BCUT2D eigenvalue weighted by Crippen LogP contribution is 2.32. The highest BCUT2D eigenvalue weighted by molar-refractivity contribution is 9.10. The molecule has 3 aromatic rings. The van der Waals surface area contributed by atoms with Crippen molar-refractivity contribution in [3.8, 4) is 5.69 Å². The van der Waals surface area contributed by atoms with Gasteiger partial charge in [0.15, 0.2) is 0 Å². The summed E-state index contributed by atoms with van der Waals surface area (Å²) < 4.78 is 3.03. The molecule has 3 nitrogen and oxygen atoms in total. The van der Waals surface area contributed by atoms with E-state index in [1.807, 2.05) is 29.1 Å². The lowest BCUT2D eigenvalue weighted by Crippen LogP contribution is -2.08. The number of anilines is 1. The zero-order chi connectivity index (χ0) is 13.9. The minimum atomic E-state index is 0.237. The maximum atomic E-state index is 4.30. The third-order valence-corrected chi connectivity index (χ3v) is 5.12. The van der Waals surface area contributed by atoms with Gasteiger partial charge in [-0.15, -0.1) is 11.3 Å². The second kappa shape index (κ2) is 5.81. The summed E-state index contributed by atoms with van der Waals surface area (Å²) in [4.78, 5) is 1.29. The second-order valence-corrected chi connectivity index (χ2v) is 6.27. The zero-order valence-corrected chi connectivity index (χ0v) is 13.4. The summed E-state index contributed by atoms with van der Waals surface area (Å²) in [6, 6.07) is 12.4. The summed E-state index contributed by atoms with van der Waals surface area (Å²) in [6.07, 6.45) is 3.74. The molecule has 1 N–H and O–H groups in total. The number of nitrogens with zero attached hydrogens (tertiary/aromatic N) is 2. The van der Waals surface area contributed by atoms with Gasteiger partial charge in [-0.25, -0.2) is 4.68 Å². The average Bonchev–Trinajstić information content (AvgIpc) is 3.10. The number of rotatable bonds is 4. The summed E-state index contributed by atoms with van der Waals surface area (Å²) in [5, 5.41) is 9.96. The Morgan fingerprint density at radius 1 is 1.25 bits per heavy atom. The van der Waals surface area contributed by atoms with Crippen LogP contribution in [0.2, 0.25) is 0 Å². The molecule has 1 aromatic carbocycles. The van der Waals surface area contributed by atoms with Gasteiger partial charge in [0.2, 0.25) is 0 Å². The number of aromatic nitrogens is 2. The third kappa shape index (κ3) is 2.64. The van der Waals surface area contributed by atoms with Crippen LogP contribution in [0.3, 0.4) is 0 Å². The molecule has 1 unspecified atom stereocenters. The minimum absolute atomic E-state index is 0.237. The standard InChI is InChI=1S/C15H14BrN3S/c1-11(15-12(16)7-10-20-15)18-13-5-2-3-6-14(13)19-9-4-8-17-19/h2-11,18H,1H3. The Morgan fingerprint density at radius 2 is 2.10 bits per heavy atom. The Hall–Kier alpha value is -1.59. The first-order valence-corrected chi connectivity index (χ1v) is 8.01. The largest absolute Gasteiger partial charge is 0.376 e. The first kappa shape index (κ1) is 13.4. The molecule has 0 fully saturated rings. The number of thiophene rings is 1. The van der Waals surface area contributed by atoms with E-state index in [-0.39, 0.29) is 6.04 Å². The molecule has 0 amide bonds. The molecule has 1 atom stereocenters. The van der Waals surface area contributed by atoms with Gasteiger partial charge in [-0.1, -0.05) is 12.1 Å². The molecule has 0 aliphatic rings. The van der Waals surface area contributed by atoms with Crippen molar-refractivity contribution in [3.05, 3.63) is 63.5 Å². The van der Waals surface area contributed by atoms with Crippen molar-refractivity contribution >= 4 is 33.0 Å². The smallest absolute Gasteiger partial charge is 0.0877 e. The first-order valence-electron chi connectivity index (χ1n) is 6.34. The molecule has 2 aromatic heterocycles. The van der Waals surface area contributed by atoms with Crippen LogP contribution in [0.1, 0.15) is 17.8 Å². The molecule has 20 heavy (non-hydrogen) atoms. The highest BCUT2D eigenvalue weighted by atomic mass is 79.9. The van der Waals surface area contributed by atoms with Crippen LogP contribution in [0, 0.1) is 0 Å². The predicted octanol–water partition coefficient (Wildman–Crippen LogP) is 4.87. The second-order valence-electron chi connectivity index (χ2n) is 4.47. The molecule has 0 saturated heterocycles. The van der Waals surface area contributed by atoms with Gasteiger partial charge in [0, 0.05) is 21.7 Å². The quantitative estimate of drug-likeness (QED) is 0.729. The summed E-state index contributed by atoms with van der Waals surface area (Å²) in [5.41, 5.74) is 2.13. The van der Waals surface area contributed by atoms with E-state index in [0.29, 0.717) is 0 Å². The number of halogens is 1. The van der Waals surface area contributed by atoms with Crippen molar-refractivity contribution in [1.29, 1.82) is 0 Å². The molecular weight excluding hydrogens is 334 g/mol. The molecule has 0 aliphatic carbocycles. The maximum Gasteiger partial charge on any atom is 0.0877 e. The van der Waals surface area contributed by atoms with Gasteiger partial charge in [-0.05, 0) is 52.5 Å². The molecule has 3 rings (SSSR count). The topological polar surface area (TPSA) is 29.9 Å². The lowest BCUT2D eigenvalue weighted by molar-refractivity contribution is 0.860. The molecule has 0 radical (unpaired) electrons. The molecule has 0 saturated carbocycles. The van der Waals surface area contributed by atoms with Crippen LogP contribution in [-0.2, 0) is 0 Å². The van der Waals surface area contributed by atoms with Crippen molar-refractivity contribution in [2.75, 3.05) is 5.32 Å². The fourth-order valence-corrected chi connectivity index (χ4v) is 3.85. The van der Waals surface area contributed by atoms with Crippen molar-refractivity contribution in [1.82, 2.24) is 9.78 Å². The lowest BCUT2D eigenvalue weighted by atomic mass is 10.2. The van der Waals surface area contributed by atoms with E-state index >= 15 is 0 Å². The van der Waals surface area contributed by atoms with Gasteiger partial charge in [0.1, 0.15) is 0 Å². The third-order valence-electron chi connectivity index (χ3n) is 3.07. The molecule has 0 spiro atoms. The number of hydrogen-bond donors (Lipinski definition) is 1. The Balaban J connectivity index is 1.90. The predicted molar refractivity (Wildman–Crippen MR) is 87.6 cm³/mol. The van der Waals surface area contributed by atoms with E-state index in [1.165, 1.54) is 4.88 Å². The number of para-hydroxylation sites is 2. The van der Waals surface area contributed by atoms with Crippen LogP contribution in [0.15, 0.2) is 58.6 Å². The number of benzene rings is 1.